The number of rotatable bonds is 8. The SMILES string of the molecule is CCC(O)CNC(=O)c1nc(C(=O)NC(C)C)c2cc(Cc3ccc(F)cc3)cnc2c1O. The molecule has 1 unspecified atom stereocenters. The second-order valence-corrected chi connectivity index (χ2v) is 8.10. The van der Waals surface area contributed by atoms with E-state index >= 15 is 0 Å². The first-order chi connectivity index (χ1) is 15.7. The van der Waals surface area contributed by atoms with Gasteiger partial charge in [0.2, 0.25) is 0 Å². The van der Waals surface area contributed by atoms with Crippen LogP contribution in [0.4, 0.5) is 4.39 Å². The first-order valence-corrected chi connectivity index (χ1v) is 10.7. The fraction of sp³-hybridized carbons (Fsp3) is 0.333. The summed E-state index contributed by atoms with van der Waals surface area (Å²) >= 11 is 0. The van der Waals surface area contributed by atoms with Crippen LogP contribution in [0.1, 0.15) is 59.3 Å². The zero-order valence-electron chi connectivity index (χ0n) is 18.7. The molecule has 0 saturated carbocycles. The van der Waals surface area contributed by atoms with E-state index < -0.39 is 23.7 Å². The van der Waals surface area contributed by atoms with Crippen LogP contribution < -0.4 is 10.6 Å². The highest BCUT2D eigenvalue weighted by atomic mass is 19.1. The second-order valence-electron chi connectivity index (χ2n) is 8.10. The largest absolute Gasteiger partial charge is 0.504 e. The van der Waals surface area contributed by atoms with Crippen LogP contribution in [0.25, 0.3) is 10.9 Å². The van der Waals surface area contributed by atoms with E-state index in [9.17, 15) is 24.2 Å². The van der Waals surface area contributed by atoms with E-state index in [2.05, 4.69) is 20.6 Å². The lowest BCUT2D eigenvalue weighted by molar-refractivity contribution is 0.0905. The van der Waals surface area contributed by atoms with Crippen LogP contribution >= 0.6 is 0 Å². The lowest BCUT2D eigenvalue weighted by Gasteiger charge is -2.15. The van der Waals surface area contributed by atoms with Crippen molar-refractivity contribution in [3.05, 3.63) is 64.9 Å². The first-order valence-electron chi connectivity index (χ1n) is 10.7. The molecule has 174 valence electrons. The van der Waals surface area contributed by atoms with Crippen molar-refractivity contribution < 1.29 is 24.2 Å². The van der Waals surface area contributed by atoms with E-state index in [1.807, 2.05) is 0 Å². The summed E-state index contributed by atoms with van der Waals surface area (Å²) in [6.45, 7) is 5.33. The Morgan fingerprint density at radius 2 is 1.79 bits per heavy atom. The van der Waals surface area contributed by atoms with E-state index in [0.29, 0.717) is 12.8 Å². The monoisotopic (exact) mass is 454 g/mol. The Kier molecular flexibility index (Phi) is 7.55. The fourth-order valence-corrected chi connectivity index (χ4v) is 3.25. The van der Waals surface area contributed by atoms with Crippen LogP contribution in [0.5, 0.6) is 5.75 Å². The van der Waals surface area contributed by atoms with Crippen molar-refractivity contribution in [2.24, 2.45) is 0 Å². The predicted octanol–water partition coefficient (Wildman–Crippen LogP) is 2.70. The minimum atomic E-state index is -0.743. The molecule has 33 heavy (non-hydrogen) atoms. The molecule has 0 fully saturated rings. The molecule has 4 N–H and O–H groups in total. The number of nitrogens with one attached hydrogen (secondary N) is 2. The quantitative estimate of drug-likeness (QED) is 0.415. The van der Waals surface area contributed by atoms with E-state index in [0.717, 1.165) is 11.1 Å². The minimum Gasteiger partial charge on any atom is -0.504 e. The fourth-order valence-electron chi connectivity index (χ4n) is 3.25. The molecule has 8 nitrogen and oxygen atoms in total. The maximum absolute atomic E-state index is 13.2. The maximum atomic E-state index is 13.2. The molecule has 2 amide bonds. The number of hydrogen-bond acceptors (Lipinski definition) is 6. The van der Waals surface area contributed by atoms with Gasteiger partial charge in [-0.2, -0.15) is 0 Å². The maximum Gasteiger partial charge on any atom is 0.273 e. The van der Waals surface area contributed by atoms with Crippen molar-refractivity contribution in [1.82, 2.24) is 20.6 Å². The normalized spacial score (nSPS) is 12.1. The molecule has 0 bridgehead atoms. The molecular weight excluding hydrogens is 427 g/mol. The Morgan fingerprint density at radius 3 is 2.42 bits per heavy atom. The lowest BCUT2D eigenvalue weighted by atomic mass is 10.0. The summed E-state index contributed by atoms with van der Waals surface area (Å²) in [5.41, 5.74) is 1.22. The Labute approximate surface area is 190 Å². The summed E-state index contributed by atoms with van der Waals surface area (Å²) in [5, 5.41) is 26.0. The van der Waals surface area contributed by atoms with Crippen molar-refractivity contribution in [2.45, 2.75) is 45.8 Å². The van der Waals surface area contributed by atoms with Gasteiger partial charge in [0.1, 0.15) is 17.0 Å². The Morgan fingerprint density at radius 1 is 1.09 bits per heavy atom. The summed E-state index contributed by atoms with van der Waals surface area (Å²) in [4.78, 5) is 34.0. The zero-order valence-corrected chi connectivity index (χ0v) is 18.7. The number of hydrogen-bond donors (Lipinski definition) is 4. The highest BCUT2D eigenvalue weighted by molar-refractivity contribution is 6.09. The van der Waals surface area contributed by atoms with Crippen LogP contribution in [-0.2, 0) is 6.42 Å². The molecule has 0 aliphatic rings. The van der Waals surface area contributed by atoms with Gasteiger partial charge in [0.15, 0.2) is 11.4 Å². The van der Waals surface area contributed by atoms with Gasteiger partial charge in [-0.05, 0) is 56.0 Å². The summed E-state index contributed by atoms with van der Waals surface area (Å²) in [5.74, 6) is -2.03. The van der Waals surface area contributed by atoms with Gasteiger partial charge < -0.3 is 20.8 Å². The van der Waals surface area contributed by atoms with Gasteiger partial charge in [0.05, 0.1) is 6.10 Å². The van der Waals surface area contributed by atoms with Crippen molar-refractivity contribution in [2.75, 3.05) is 6.54 Å². The molecule has 0 aliphatic heterocycles. The van der Waals surface area contributed by atoms with Gasteiger partial charge in [-0.25, -0.2) is 9.37 Å². The molecule has 0 radical (unpaired) electrons. The molecule has 0 spiro atoms. The summed E-state index contributed by atoms with van der Waals surface area (Å²) in [6.07, 6.45) is 1.65. The molecule has 1 aromatic carbocycles. The molecule has 9 heteroatoms. The Balaban J connectivity index is 2.06. The van der Waals surface area contributed by atoms with Crippen molar-refractivity contribution in [3.8, 4) is 5.75 Å². The van der Waals surface area contributed by atoms with E-state index in [1.165, 1.54) is 18.3 Å². The molecule has 2 aromatic heterocycles. The minimum absolute atomic E-state index is 0.0218. The van der Waals surface area contributed by atoms with Crippen LogP contribution in [0.15, 0.2) is 36.5 Å². The number of carbonyl (C=O) groups is 2. The number of nitrogens with zero attached hydrogens (tertiary/aromatic N) is 2. The van der Waals surface area contributed by atoms with Crippen LogP contribution in [0.3, 0.4) is 0 Å². The summed E-state index contributed by atoms with van der Waals surface area (Å²) < 4.78 is 13.2. The van der Waals surface area contributed by atoms with Crippen LogP contribution in [-0.4, -0.2) is 50.7 Å². The summed E-state index contributed by atoms with van der Waals surface area (Å²) in [6, 6.07) is 7.52. The van der Waals surface area contributed by atoms with Crippen LogP contribution in [0, 0.1) is 5.82 Å². The molecule has 0 saturated heterocycles. The average Bonchev–Trinajstić information content (AvgIpc) is 2.78. The highest BCUT2D eigenvalue weighted by Gasteiger charge is 2.24. The van der Waals surface area contributed by atoms with Gasteiger partial charge in [0.25, 0.3) is 11.8 Å². The number of aliphatic hydroxyl groups excluding tert-OH is 1. The predicted molar refractivity (Wildman–Crippen MR) is 122 cm³/mol. The number of amides is 2. The number of aliphatic hydroxyl groups is 1. The van der Waals surface area contributed by atoms with E-state index in [-0.39, 0.29) is 40.7 Å². The number of halogens is 1. The Bertz CT molecular complexity index is 1170. The van der Waals surface area contributed by atoms with Crippen molar-refractivity contribution >= 4 is 22.7 Å². The number of fused-ring (bicyclic) bond motifs is 1. The smallest absolute Gasteiger partial charge is 0.273 e. The summed E-state index contributed by atoms with van der Waals surface area (Å²) in [7, 11) is 0. The van der Waals surface area contributed by atoms with E-state index in [4.69, 9.17) is 0 Å². The number of aromatic nitrogens is 2. The third-order valence-corrected chi connectivity index (χ3v) is 5.01. The Hall–Kier alpha value is -3.59. The van der Waals surface area contributed by atoms with Gasteiger partial charge in [0, 0.05) is 24.2 Å². The zero-order chi connectivity index (χ0) is 24.1. The third kappa shape index (κ3) is 5.81. The number of aromatic hydroxyl groups is 1. The molecular formula is C24H27FN4O4. The van der Waals surface area contributed by atoms with Gasteiger partial charge in [-0.1, -0.05) is 19.1 Å². The van der Waals surface area contributed by atoms with Crippen molar-refractivity contribution in [1.29, 1.82) is 0 Å². The number of carbonyl (C=O) groups excluding carboxylic acids is 2. The van der Waals surface area contributed by atoms with Gasteiger partial charge in [-0.15, -0.1) is 0 Å². The van der Waals surface area contributed by atoms with Crippen molar-refractivity contribution in [3.63, 3.8) is 0 Å². The third-order valence-electron chi connectivity index (χ3n) is 5.01. The molecule has 1 atom stereocenters. The van der Waals surface area contributed by atoms with Crippen LogP contribution in [0.2, 0.25) is 0 Å². The average molecular weight is 455 g/mol. The second kappa shape index (κ2) is 10.4. The number of benzene rings is 1. The molecule has 3 aromatic rings. The highest BCUT2D eigenvalue weighted by Crippen LogP contribution is 2.29. The topological polar surface area (TPSA) is 124 Å². The molecule has 0 aliphatic carbocycles. The first kappa shape index (κ1) is 24.1. The van der Waals surface area contributed by atoms with E-state index in [1.54, 1.807) is 39.0 Å². The van der Waals surface area contributed by atoms with Gasteiger partial charge >= 0.3 is 0 Å². The molecule has 3 rings (SSSR count). The molecule has 2 heterocycles. The standard InChI is InChI=1S/C24H27FN4O4/c1-4-17(30)12-27-23(32)21-22(31)19-18(20(29-21)24(33)28-13(2)3)10-15(11-26-19)9-14-5-7-16(25)8-6-14/h5-8,10-11,13,17,30-31H,4,9,12H2,1-3H3,(H,27,32)(H,28,33). The number of pyridine rings is 2. The lowest BCUT2D eigenvalue weighted by Crippen LogP contribution is -2.34. The van der Waals surface area contributed by atoms with Gasteiger partial charge in [-0.3, -0.25) is 14.6 Å².